The van der Waals surface area contributed by atoms with Gasteiger partial charge in [-0.05, 0) is 47.4 Å². The van der Waals surface area contributed by atoms with Gasteiger partial charge in [0, 0.05) is 10.4 Å². The Balaban J connectivity index is 1.58. The normalized spacial score (nSPS) is 13.3. The molecule has 0 unspecified atom stereocenters. The standard InChI is InChI=1S/C24H20BrNO4/c1-14(26)23(27)30-22-11-10-15(25)12-20(22)24(28)29-13-21-18-8-4-2-6-16(18)17-7-3-5-9-19(17)21/h2-12,14,21H,13,26H2,1H3/t14-/m0/s1. The molecule has 0 amide bonds. The summed E-state index contributed by atoms with van der Waals surface area (Å²) >= 11 is 3.35. The zero-order chi connectivity index (χ0) is 21.3. The minimum Gasteiger partial charge on any atom is -0.461 e. The number of rotatable bonds is 5. The maximum atomic E-state index is 12.9. The maximum absolute atomic E-state index is 12.9. The summed E-state index contributed by atoms with van der Waals surface area (Å²) in [5, 5.41) is 0. The van der Waals surface area contributed by atoms with E-state index in [1.165, 1.54) is 6.92 Å². The summed E-state index contributed by atoms with van der Waals surface area (Å²) in [6.45, 7) is 1.70. The highest BCUT2D eigenvalue weighted by molar-refractivity contribution is 9.10. The Bertz CT molecular complexity index is 1080. The first-order chi connectivity index (χ1) is 14.5. The molecule has 0 heterocycles. The number of ether oxygens (including phenoxy) is 2. The van der Waals surface area contributed by atoms with Crippen molar-refractivity contribution in [3.05, 3.63) is 87.9 Å². The summed E-state index contributed by atoms with van der Waals surface area (Å²) in [5.74, 6) is -1.11. The Morgan fingerprint density at radius 1 is 1.00 bits per heavy atom. The molecule has 0 radical (unpaired) electrons. The lowest BCUT2D eigenvalue weighted by Gasteiger charge is -2.16. The van der Waals surface area contributed by atoms with Gasteiger partial charge in [-0.1, -0.05) is 64.5 Å². The van der Waals surface area contributed by atoms with E-state index in [1.807, 2.05) is 24.3 Å². The molecular weight excluding hydrogens is 446 g/mol. The van der Waals surface area contributed by atoms with Gasteiger partial charge in [0.2, 0.25) is 0 Å². The molecule has 1 aliphatic carbocycles. The lowest BCUT2D eigenvalue weighted by molar-refractivity contribution is -0.135. The lowest BCUT2D eigenvalue weighted by Crippen LogP contribution is -2.31. The second-order valence-corrected chi connectivity index (χ2v) is 8.09. The molecule has 2 N–H and O–H groups in total. The van der Waals surface area contributed by atoms with Crippen molar-refractivity contribution in [1.29, 1.82) is 0 Å². The zero-order valence-corrected chi connectivity index (χ0v) is 17.9. The first-order valence-electron chi connectivity index (χ1n) is 9.58. The number of hydrogen-bond donors (Lipinski definition) is 1. The summed E-state index contributed by atoms with van der Waals surface area (Å²) in [4.78, 5) is 24.8. The molecule has 0 fully saturated rings. The molecule has 152 valence electrons. The van der Waals surface area contributed by atoms with Crippen LogP contribution in [0.5, 0.6) is 5.75 Å². The van der Waals surface area contributed by atoms with Crippen LogP contribution in [0, 0.1) is 0 Å². The minimum atomic E-state index is -0.802. The highest BCUT2D eigenvalue weighted by Gasteiger charge is 2.29. The Hall–Kier alpha value is -2.96. The Kier molecular flexibility index (Phi) is 5.70. The van der Waals surface area contributed by atoms with Crippen molar-refractivity contribution in [3.63, 3.8) is 0 Å². The van der Waals surface area contributed by atoms with E-state index in [0.717, 1.165) is 22.3 Å². The van der Waals surface area contributed by atoms with Crippen LogP contribution in [0.15, 0.2) is 71.2 Å². The largest absolute Gasteiger partial charge is 0.461 e. The van der Waals surface area contributed by atoms with Crippen LogP contribution in [0.2, 0.25) is 0 Å². The van der Waals surface area contributed by atoms with E-state index in [-0.39, 0.29) is 23.8 Å². The quantitative estimate of drug-likeness (QED) is 0.437. The zero-order valence-electron chi connectivity index (χ0n) is 16.3. The van der Waals surface area contributed by atoms with Crippen molar-refractivity contribution in [3.8, 4) is 16.9 Å². The third-order valence-corrected chi connectivity index (χ3v) is 5.58. The van der Waals surface area contributed by atoms with Crippen molar-refractivity contribution in [2.45, 2.75) is 18.9 Å². The van der Waals surface area contributed by atoms with E-state index in [9.17, 15) is 9.59 Å². The van der Waals surface area contributed by atoms with Crippen LogP contribution in [0.3, 0.4) is 0 Å². The van der Waals surface area contributed by atoms with Crippen molar-refractivity contribution in [1.82, 2.24) is 0 Å². The number of benzene rings is 3. The van der Waals surface area contributed by atoms with Gasteiger partial charge in [0.15, 0.2) is 0 Å². The molecule has 5 nitrogen and oxygen atoms in total. The Labute approximate surface area is 182 Å². The molecule has 30 heavy (non-hydrogen) atoms. The summed E-state index contributed by atoms with van der Waals surface area (Å²) in [5.41, 5.74) is 10.3. The van der Waals surface area contributed by atoms with Gasteiger partial charge in [0.1, 0.15) is 24.0 Å². The minimum absolute atomic E-state index is 0.0523. The van der Waals surface area contributed by atoms with Crippen molar-refractivity contribution < 1.29 is 19.1 Å². The Morgan fingerprint density at radius 3 is 2.20 bits per heavy atom. The number of nitrogens with two attached hydrogens (primary N) is 1. The second kappa shape index (κ2) is 8.42. The first-order valence-corrected chi connectivity index (χ1v) is 10.4. The highest BCUT2D eigenvalue weighted by Crippen LogP contribution is 2.44. The third kappa shape index (κ3) is 3.88. The molecule has 3 aromatic rings. The number of carbonyl (C=O) groups is 2. The number of fused-ring (bicyclic) bond motifs is 3. The molecule has 1 atom stereocenters. The van der Waals surface area contributed by atoms with Gasteiger partial charge in [-0.25, -0.2) is 9.59 Å². The number of halogens is 1. The Morgan fingerprint density at radius 2 is 1.60 bits per heavy atom. The van der Waals surface area contributed by atoms with E-state index in [1.54, 1.807) is 18.2 Å². The van der Waals surface area contributed by atoms with Gasteiger partial charge < -0.3 is 15.2 Å². The molecule has 0 aliphatic heterocycles. The molecule has 0 aromatic heterocycles. The van der Waals surface area contributed by atoms with Gasteiger partial charge in [-0.15, -0.1) is 0 Å². The van der Waals surface area contributed by atoms with Gasteiger partial charge in [-0.2, -0.15) is 0 Å². The van der Waals surface area contributed by atoms with Crippen LogP contribution in [-0.4, -0.2) is 24.6 Å². The van der Waals surface area contributed by atoms with Gasteiger partial charge in [0.25, 0.3) is 0 Å². The van der Waals surface area contributed by atoms with E-state index in [2.05, 4.69) is 40.2 Å². The van der Waals surface area contributed by atoms with Gasteiger partial charge in [0.05, 0.1) is 0 Å². The summed E-state index contributed by atoms with van der Waals surface area (Å²) < 4.78 is 11.6. The van der Waals surface area contributed by atoms with Crippen molar-refractivity contribution >= 4 is 27.9 Å². The molecule has 3 aromatic carbocycles. The molecule has 4 rings (SSSR count). The molecule has 0 saturated carbocycles. The first kappa shape index (κ1) is 20.3. The average molecular weight is 466 g/mol. The van der Waals surface area contributed by atoms with Gasteiger partial charge >= 0.3 is 11.9 Å². The monoisotopic (exact) mass is 465 g/mol. The average Bonchev–Trinajstić information content (AvgIpc) is 3.07. The van der Waals surface area contributed by atoms with Crippen molar-refractivity contribution in [2.24, 2.45) is 5.73 Å². The van der Waals surface area contributed by atoms with E-state index < -0.39 is 18.0 Å². The number of esters is 2. The fraction of sp³-hybridized carbons (Fsp3) is 0.167. The van der Waals surface area contributed by atoms with Gasteiger partial charge in [-0.3, -0.25) is 0 Å². The fourth-order valence-corrected chi connectivity index (χ4v) is 3.99. The smallest absolute Gasteiger partial charge is 0.342 e. The molecule has 6 heteroatoms. The van der Waals surface area contributed by atoms with Crippen LogP contribution in [0.1, 0.15) is 34.3 Å². The third-order valence-electron chi connectivity index (χ3n) is 5.09. The summed E-state index contributed by atoms with van der Waals surface area (Å²) in [6.07, 6.45) is 0. The van der Waals surface area contributed by atoms with E-state index >= 15 is 0 Å². The topological polar surface area (TPSA) is 78.6 Å². The van der Waals surface area contributed by atoms with E-state index in [0.29, 0.717) is 4.47 Å². The molecular formula is C24H20BrNO4. The SMILES string of the molecule is C[C@H](N)C(=O)Oc1ccc(Br)cc1C(=O)OCC1c2ccccc2-c2ccccc21. The van der Waals surface area contributed by atoms with Crippen LogP contribution >= 0.6 is 15.9 Å². The number of carbonyl (C=O) groups excluding carboxylic acids is 2. The predicted octanol–water partition coefficient (Wildman–Crippen LogP) is 4.67. The lowest BCUT2D eigenvalue weighted by atomic mass is 9.98. The summed E-state index contributed by atoms with van der Waals surface area (Å²) in [7, 11) is 0. The number of hydrogen-bond acceptors (Lipinski definition) is 5. The van der Waals surface area contributed by atoms with Crippen LogP contribution in [0.4, 0.5) is 0 Å². The van der Waals surface area contributed by atoms with Crippen LogP contribution < -0.4 is 10.5 Å². The summed E-state index contributed by atoms with van der Waals surface area (Å²) in [6, 6.07) is 20.3. The molecule has 0 spiro atoms. The maximum Gasteiger partial charge on any atom is 0.342 e. The van der Waals surface area contributed by atoms with E-state index in [4.69, 9.17) is 15.2 Å². The highest BCUT2D eigenvalue weighted by atomic mass is 79.9. The van der Waals surface area contributed by atoms with Crippen LogP contribution in [-0.2, 0) is 9.53 Å². The second-order valence-electron chi connectivity index (χ2n) is 7.18. The molecule has 0 bridgehead atoms. The van der Waals surface area contributed by atoms with Crippen molar-refractivity contribution in [2.75, 3.05) is 6.61 Å². The molecule has 1 aliphatic rings. The van der Waals surface area contributed by atoms with Crippen LogP contribution in [0.25, 0.3) is 11.1 Å². The fourth-order valence-electron chi connectivity index (χ4n) is 3.63. The molecule has 0 saturated heterocycles. The predicted molar refractivity (Wildman–Crippen MR) is 117 cm³/mol.